The minimum Gasteiger partial charge on any atom is -0.358 e. The molecule has 9 heteroatoms. The van der Waals surface area contributed by atoms with Gasteiger partial charge in [0.05, 0.1) is 6.57 Å². The van der Waals surface area contributed by atoms with Crippen LogP contribution in [0.2, 0.25) is 5.02 Å². The van der Waals surface area contributed by atoms with E-state index in [2.05, 4.69) is 37.7 Å². The number of hydrogen-bond acceptors (Lipinski definition) is 5. The smallest absolute Gasteiger partial charge is 0.242 e. The van der Waals surface area contributed by atoms with E-state index in [0.29, 0.717) is 47.8 Å². The van der Waals surface area contributed by atoms with Crippen LogP contribution in [0.3, 0.4) is 0 Å². The molecule has 2 aromatic heterocycles. The first-order chi connectivity index (χ1) is 18.5. The van der Waals surface area contributed by atoms with E-state index in [-0.39, 0.29) is 5.91 Å². The van der Waals surface area contributed by atoms with Crippen molar-refractivity contribution in [3.8, 4) is 5.82 Å². The van der Waals surface area contributed by atoms with Crippen molar-refractivity contribution in [3.05, 3.63) is 107 Å². The highest BCUT2D eigenvalue weighted by Crippen LogP contribution is 2.19. The molecule has 0 saturated carbocycles. The fourth-order valence-corrected chi connectivity index (χ4v) is 4.10. The molecule has 2 aromatic carbocycles. The van der Waals surface area contributed by atoms with Gasteiger partial charge in [-0.1, -0.05) is 67.8 Å². The van der Waals surface area contributed by atoms with Gasteiger partial charge in [-0.15, -0.1) is 0 Å². The van der Waals surface area contributed by atoms with Gasteiger partial charge in [0.25, 0.3) is 0 Å². The van der Waals surface area contributed by atoms with Crippen molar-refractivity contribution in [2.75, 3.05) is 10.6 Å². The summed E-state index contributed by atoms with van der Waals surface area (Å²) in [6.45, 7) is 10.1. The predicted molar refractivity (Wildman–Crippen MR) is 152 cm³/mol. The van der Waals surface area contributed by atoms with E-state index >= 15 is 0 Å². The maximum atomic E-state index is 13.2. The minimum atomic E-state index is -0.467. The number of carbonyl (C=O) groups is 1. The summed E-state index contributed by atoms with van der Waals surface area (Å²) >= 11 is 6.13. The van der Waals surface area contributed by atoms with E-state index in [4.69, 9.17) is 18.2 Å². The van der Waals surface area contributed by atoms with Gasteiger partial charge in [0.2, 0.25) is 11.9 Å². The third kappa shape index (κ3) is 7.58. The number of aromatic nitrogens is 3. The van der Waals surface area contributed by atoms with Gasteiger partial charge in [0.15, 0.2) is 5.69 Å². The molecule has 0 unspecified atom stereocenters. The maximum absolute atomic E-state index is 13.2. The first-order valence-electron chi connectivity index (χ1n) is 12.6. The van der Waals surface area contributed by atoms with Crippen molar-refractivity contribution < 1.29 is 4.79 Å². The molecule has 4 aromatic rings. The van der Waals surface area contributed by atoms with E-state index in [9.17, 15) is 4.79 Å². The highest BCUT2D eigenvalue weighted by molar-refractivity contribution is 6.30. The van der Waals surface area contributed by atoms with Crippen LogP contribution >= 0.6 is 11.6 Å². The fraction of sp³-hybridized carbons (Fsp3) is 0.241. The molecule has 38 heavy (non-hydrogen) atoms. The van der Waals surface area contributed by atoms with Gasteiger partial charge in [-0.05, 0) is 41.8 Å². The topological polar surface area (TPSA) is 88.2 Å². The molecule has 0 spiro atoms. The number of hydrogen-bond donors (Lipinski definition) is 3. The Kier molecular flexibility index (Phi) is 9.32. The summed E-state index contributed by atoms with van der Waals surface area (Å²) in [6, 6.07) is 20.0. The van der Waals surface area contributed by atoms with Crippen LogP contribution in [0, 0.1) is 6.57 Å². The number of amides is 1. The molecule has 8 nitrogen and oxygen atoms in total. The molecule has 1 atom stereocenters. The fourth-order valence-electron chi connectivity index (χ4n) is 3.89. The number of halogens is 1. The Morgan fingerprint density at radius 2 is 1.82 bits per heavy atom. The summed E-state index contributed by atoms with van der Waals surface area (Å²) in [5, 5.41) is 10.3. The highest BCUT2D eigenvalue weighted by Gasteiger charge is 2.19. The van der Waals surface area contributed by atoms with E-state index in [1.807, 2.05) is 71.6 Å². The number of nitrogens with one attached hydrogen (secondary N) is 3. The van der Waals surface area contributed by atoms with Gasteiger partial charge in [-0.3, -0.25) is 4.79 Å². The molecular formula is C29H30ClN7O. The Bertz CT molecular complexity index is 1380. The summed E-state index contributed by atoms with van der Waals surface area (Å²) < 4.78 is 1.89. The summed E-state index contributed by atoms with van der Waals surface area (Å²) in [5.74, 6) is 1.56. The van der Waals surface area contributed by atoms with Crippen LogP contribution in [0.15, 0.2) is 79.1 Å². The van der Waals surface area contributed by atoms with Crippen LogP contribution in [0.4, 0.5) is 17.5 Å². The Labute approximate surface area is 227 Å². The third-order valence-electron chi connectivity index (χ3n) is 5.94. The summed E-state index contributed by atoms with van der Waals surface area (Å²) in [7, 11) is 0. The van der Waals surface area contributed by atoms with Gasteiger partial charge >= 0.3 is 0 Å². The van der Waals surface area contributed by atoms with Crippen LogP contribution in [-0.4, -0.2) is 26.5 Å². The van der Waals surface area contributed by atoms with E-state index in [0.717, 1.165) is 24.0 Å². The van der Waals surface area contributed by atoms with Crippen molar-refractivity contribution in [1.29, 1.82) is 0 Å². The zero-order valence-corrected chi connectivity index (χ0v) is 21.9. The third-order valence-corrected chi connectivity index (χ3v) is 6.17. The van der Waals surface area contributed by atoms with Crippen LogP contribution in [0.1, 0.15) is 37.3 Å². The second kappa shape index (κ2) is 13.3. The van der Waals surface area contributed by atoms with Gasteiger partial charge in [-0.25, -0.2) is 4.85 Å². The first kappa shape index (κ1) is 26.7. The number of rotatable bonds is 12. The predicted octanol–water partition coefficient (Wildman–Crippen LogP) is 6.37. The van der Waals surface area contributed by atoms with Gasteiger partial charge in [0.1, 0.15) is 17.7 Å². The molecular weight excluding hydrogens is 498 g/mol. The average Bonchev–Trinajstić information content (AvgIpc) is 3.48. The zero-order valence-electron chi connectivity index (χ0n) is 21.2. The van der Waals surface area contributed by atoms with Crippen LogP contribution < -0.4 is 16.0 Å². The first-order valence-corrected chi connectivity index (χ1v) is 12.9. The van der Waals surface area contributed by atoms with Crippen LogP contribution in [-0.2, 0) is 17.9 Å². The van der Waals surface area contributed by atoms with Gasteiger partial charge < -0.3 is 20.5 Å². The molecule has 0 aliphatic carbocycles. The summed E-state index contributed by atoms with van der Waals surface area (Å²) in [6.07, 6.45) is 6.34. The molecule has 2 heterocycles. The largest absolute Gasteiger partial charge is 0.358 e. The molecule has 0 radical (unpaired) electrons. The Balaban J connectivity index is 1.51. The molecule has 194 valence electrons. The van der Waals surface area contributed by atoms with Crippen molar-refractivity contribution >= 4 is 35.0 Å². The molecule has 0 fully saturated rings. The molecule has 0 bridgehead atoms. The maximum Gasteiger partial charge on any atom is 0.242 e. The van der Waals surface area contributed by atoms with Gasteiger partial charge in [-0.2, -0.15) is 9.97 Å². The van der Waals surface area contributed by atoms with Crippen LogP contribution in [0.25, 0.3) is 10.7 Å². The lowest BCUT2D eigenvalue weighted by Crippen LogP contribution is -2.39. The summed E-state index contributed by atoms with van der Waals surface area (Å²) in [5.41, 5.74) is 2.51. The normalized spacial score (nSPS) is 11.4. The lowest BCUT2D eigenvalue weighted by molar-refractivity contribution is -0.122. The Morgan fingerprint density at radius 1 is 1.03 bits per heavy atom. The molecule has 4 rings (SSSR count). The average molecular weight is 528 g/mol. The number of nitrogens with zero attached hydrogens (tertiary/aromatic N) is 4. The molecule has 3 N–H and O–H groups in total. The van der Waals surface area contributed by atoms with Crippen LogP contribution in [0.5, 0.6) is 0 Å². The monoisotopic (exact) mass is 527 g/mol. The van der Waals surface area contributed by atoms with E-state index < -0.39 is 6.04 Å². The number of anilines is 2. The minimum absolute atomic E-state index is 0.109. The lowest BCUT2D eigenvalue weighted by atomic mass is 10.1. The lowest BCUT2D eigenvalue weighted by Gasteiger charge is -2.20. The number of benzene rings is 2. The SMILES string of the molecule is [C-]#[N+]c1ccc(CNC(=O)[C@@H](CCCC)Nc2cc(-n3cccc3)nc(NCc3cccc(Cl)c3)n2)cc1. The van der Waals surface area contributed by atoms with Crippen molar-refractivity contribution in [1.82, 2.24) is 19.9 Å². The summed E-state index contributed by atoms with van der Waals surface area (Å²) in [4.78, 5) is 25.9. The second-order valence-electron chi connectivity index (χ2n) is 8.84. The zero-order chi connectivity index (χ0) is 26.7. The highest BCUT2D eigenvalue weighted by atomic mass is 35.5. The molecule has 0 aliphatic rings. The standard InChI is InChI=1S/C29H30ClN7O/c1-3-4-10-25(28(38)32-19-21-11-13-24(31-2)14-12-21)34-26-18-27(37-15-5-6-16-37)36-29(35-26)33-20-22-8-7-9-23(30)17-22/h5-9,11-18,25H,3-4,10,19-20H2,1H3,(H,32,38)(H2,33,34,35,36)/t25-/m1/s1. The van der Waals surface area contributed by atoms with E-state index in [1.165, 1.54) is 0 Å². The Hall–Kier alpha value is -4.35. The Morgan fingerprint density at radius 3 is 2.53 bits per heavy atom. The van der Waals surface area contributed by atoms with Crippen molar-refractivity contribution in [2.45, 2.75) is 45.3 Å². The van der Waals surface area contributed by atoms with Crippen molar-refractivity contribution in [2.24, 2.45) is 0 Å². The van der Waals surface area contributed by atoms with E-state index in [1.54, 1.807) is 12.1 Å². The quantitative estimate of drug-likeness (QED) is 0.186. The van der Waals surface area contributed by atoms with Crippen molar-refractivity contribution in [3.63, 3.8) is 0 Å². The number of carbonyl (C=O) groups excluding carboxylic acids is 1. The number of unbranched alkanes of at least 4 members (excludes halogenated alkanes) is 1. The molecule has 1 amide bonds. The second-order valence-corrected chi connectivity index (χ2v) is 9.28. The molecule has 0 saturated heterocycles. The molecule has 0 aliphatic heterocycles. The van der Waals surface area contributed by atoms with Gasteiger partial charge in [0, 0.05) is 36.6 Å².